The Morgan fingerprint density at radius 3 is 2.73 bits per heavy atom. The summed E-state index contributed by atoms with van der Waals surface area (Å²) in [5.41, 5.74) is 5.19. The summed E-state index contributed by atoms with van der Waals surface area (Å²) in [7, 11) is -1.84. The van der Waals surface area contributed by atoms with Gasteiger partial charge in [-0.2, -0.15) is 0 Å². The molecule has 0 saturated carbocycles. The average molecular weight is 206 g/mol. The van der Waals surface area contributed by atoms with Gasteiger partial charge < -0.3 is 23.2 Å². The Balaban J connectivity index is 0. The highest BCUT2D eigenvalue weighted by atomic mass is 35.5. The second-order valence-electron chi connectivity index (χ2n) is 1.83. The van der Waals surface area contributed by atoms with Crippen LogP contribution in [0, 0.1) is 0 Å². The Bertz CT molecular complexity index is 244. The number of carboxylic acids is 1. The molecular weight excluding hydrogens is 186 g/mol. The van der Waals surface area contributed by atoms with E-state index in [9.17, 15) is 4.79 Å². The first-order valence-electron chi connectivity index (χ1n) is 5.65. The maximum atomic E-state index is 10.4. The molecule has 1 atom stereocenters. The van der Waals surface area contributed by atoms with Crippen molar-refractivity contribution in [3.63, 3.8) is 0 Å². The predicted octanol–water partition coefficient (Wildman–Crippen LogP) is -3.33. The van der Waals surface area contributed by atoms with Gasteiger partial charge in [0, 0.05) is 6.42 Å². The van der Waals surface area contributed by atoms with Gasteiger partial charge in [-0.3, -0.25) is 4.79 Å². The molecule has 3 nitrogen and oxygen atoms in total. The SMILES string of the molecule is [2H]C([2H])([2H])[S+](CC[C@@H](N)C(=O)O)C([2H])([2H])[2H].[Cl-]. The lowest BCUT2D eigenvalue weighted by Gasteiger charge is -2.02. The van der Waals surface area contributed by atoms with Crippen LogP contribution in [0.5, 0.6) is 0 Å². The molecule has 0 aliphatic heterocycles. The summed E-state index contributed by atoms with van der Waals surface area (Å²) in [6.07, 6.45) is -5.37. The van der Waals surface area contributed by atoms with Crippen LogP contribution in [0.15, 0.2) is 0 Å². The normalized spacial score (nSPS) is 22.7. The maximum absolute atomic E-state index is 10.4. The number of halogens is 1. The second kappa shape index (κ2) is 6.76. The Kier molecular flexibility index (Phi) is 3.04. The van der Waals surface area contributed by atoms with Crippen LogP contribution >= 0.6 is 0 Å². The summed E-state index contributed by atoms with van der Waals surface area (Å²) in [6, 6.07) is -1.22. The number of aliphatic carboxylic acids is 1. The lowest BCUT2D eigenvalue weighted by Crippen LogP contribution is -3.00. The van der Waals surface area contributed by atoms with Gasteiger partial charge in [-0.15, -0.1) is 0 Å². The van der Waals surface area contributed by atoms with E-state index in [0.717, 1.165) is 0 Å². The fourth-order valence-corrected chi connectivity index (χ4v) is 0.858. The van der Waals surface area contributed by atoms with Gasteiger partial charge in [0.2, 0.25) is 0 Å². The van der Waals surface area contributed by atoms with E-state index in [-0.39, 0.29) is 24.6 Å². The summed E-state index contributed by atoms with van der Waals surface area (Å²) in [5.74, 6) is -1.50. The highest BCUT2D eigenvalue weighted by Crippen LogP contribution is 1.93. The van der Waals surface area contributed by atoms with Crippen LogP contribution in [0.2, 0.25) is 0 Å². The maximum Gasteiger partial charge on any atom is 0.320 e. The molecule has 0 heterocycles. The van der Waals surface area contributed by atoms with Crippen molar-refractivity contribution in [2.24, 2.45) is 5.73 Å². The van der Waals surface area contributed by atoms with Gasteiger partial charge >= 0.3 is 5.97 Å². The molecule has 0 unspecified atom stereocenters. The Morgan fingerprint density at radius 1 is 1.82 bits per heavy atom. The van der Waals surface area contributed by atoms with Gasteiger partial charge in [-0.25, -0.2) is 0 Å². The zero-order chi connectivity index (χ0) is 13.1. The van der Waals surface area contributed by atoms with Gasteiger partial charge in [0.1, 0.15) is 11.8 Å². The molecule has 11 heavy (non-hydrogen) atoms. The highest BCUT2D eigenvalue weighted by molar-refractivity contribution is 7.95. The molecular formula is C6H14ClNO2S. The first-order valence-corrected chi connectivity index (χ1v) is 4.05. The Labute approximate surface area is 84.5 Å². The van der Waals surface area contributed by atoms with E-state index in [2.05, 4.69) is 0 Å². The summed E-state index contributed by atoms with van der Waals surface area (Å²) in [5, 5.41) is 8.50. The molecule has 0 radical (unpaired) electrons. The lowest BCUT2D eigenvalue weighted by molar-refractivity contribution is -0.138. The third-order valence-electron chi connectivity index (χ3n) is 0.950. The van der Waals surface area contributed by atoms with Crippen LogP contribution in [0.3, 0.4) is 0 Å². The number of rotatable bonds is 4. The largest absolute Gasteiger partial charge is 1.00 e. The van der Waals surface area contributed by atoms with Gasteiger partial charge in [-0.05, 0) is 10.9 Å². The highest BCUT2D eigenvalue weighted by Gasteiger charge is 2.14. The molecule has 0 aliphatic rings. The minimum Gasteiger partial charge on any atom is -1.00 e. The fraction of sp³-hybridized carbons (Fsp3) is 0.833. The van der Waals surface area contributed by atoms with Crippen LogP contribution in [-0.2, 0) is 15.7 Å². The van der Waals surface area contributed by atoms with Crippen molar-refractivity contribution in [2.75, 3.05) is 18.1 Å². The molecule has 0 aromatic carbocycles. The zero-order valence-electron chi connectivity index (χ0n) is 11.7. The van der Waals surface area contributed by atoms with Crippen molar-refractivity contribution in [1.82, 2.24) is 0 Å². The molecule has 0 aromatic heterocycles. The molecule has 0 aromatic rings. The van der Waals surface area contributed by atoms with E-state index in [1.54, 1.807) is 0 Å². The third-order valence-corrected chi connectivity index (χ3v) is 1.59. The number of hydrogen-bond donors (Lipinski definition) is 2. The molecule has 0 bridgehead atoms. The summed E-state index contributed by atoms with van der Waals surface area (Å²) < 4.78 is 42.6. The molecule has 0 saturated heterocycles. The molecule has 3 N–H and O–H groups in total. The van der Waals surface area contributed by atoms with Crippen molar-refractivity contribution in [1.29, 1.82) is 0 Å². The van der Waals surface area contributed by atoms with Gasteiger partial charge in [0.15, 0.2) is 0 Å². The number of carbonyl (C=O) groups is 1. The van der Waals surface area contributed by atoms with Crippen molar-refractivity contribution in [3.05, 3.63) is 0 Å². The van der Waals surface area contributed by atoms with Crippen molar-refractivity contribution in [2.45, 2.75) is 12.5 Å². The van der Waals surface area contributed by atoms with Crippen molar-refractivity contribution < 1.29 is 30.5 Å². The van der Waals surface area contributed by atoms with E-state index in [0.29, 0.717) is 0 Å². The molecule has 0 fully saturated rings. The molecule has 0 rings (SSSR count). The first kappa shape index (κ1) is 4.94. The van der Waals surface area contributed by atoms with E-state index in [1.165, 1.54) is 0 Å². The van der Waals surface area contributed by atoms with Crippen molar-refractivity contribution >= 4 is 16.9 Å². The van der Waals surface area contributed by atoms with Crippen LogP contribution in [-0.4, -0.2) is 35.2 Å². The molecule has 0 amide bonds. The van der Waals surface area contributed by atoms with E-state index in [4.69, 9.17) is 19.1 Å². The number of hydrogen-bond acceptors (Lipinski definition) is 2. The summed E-state index contributed by atoms with van der Waals surface area (Å²) in [6.45, 7) is 0. The molecule has 0 spiro atoms. The first-order chi connectivity index (χ1) is 6.96. The zero-order valence-corrected chi connectivity index (χ0v) is 7.28. The van der Waals surface area contributed by atoms with Crippen molar-refractivity contribution in [3.8, 4) is 0 Å². The lowest BCUT2D eigenvalue weighted by atomic mass is 10.2. The van der Waals surface area contributed by atoms with Crippen LogP contribution < -0.4 is 18.1 Å². The topological polar surface area (TPSA) is 63.3 Å². The van der Waals surface area contributed by atoms with Crippen LogP contribution in [0.4, 0.5) is 0 Å². The Morgan fingerprint density at radius 2 is 2.36 bits per heavy atom. The monoisotopic (exact) mass is 205 g/mol. The number of carboxylic acid groups (broad SMARTS) is 1. The third kappa shape index (κ3) is 7.97. The quantitative estimate of drug-likeness (QED) is 0.472. The minimum atomic E-state index is -2.61. The second-order valence-corrected chi connectivity index (χ2v) is 3.02. The summed E-state index contributed by atoms with van der Waals surface area (Å²) in [4.78, 5) is 10.4. The Hall–Kier alpha value is 0.0700. The van der Waals surface area contributed by atoms with Crippen LogP contribution in [0.25, 0.3) is 0 Å². The van der Waals surface area contributed by atoms with Crippen LogP contribution in [0.1, 0.15) is 14.6 Å². The minimum absolute atomic E-state index is 0. The average Bonchev–Trinajstić information content (AvgIpc) is 1.98. The molecule has 5 heteroatoms. The predicted molar refractivity (Wildman–Crippen MR) is 44.3 cm³/mol. The van der Waals surface area contributed by atoms with Gasteiger partial charge in [0.05, 0.1) is 20.6 Å². The summed E-state index contributed by atoms with van der Waals surface area (Å²) >= 11 is 0. The number of nitrogens with two attached hydrogens (primary N) is 1. The molecule has 68 valence electrons. The smallest absolute Gasteiger partial charge is 0.320 e. The van der Waals surface area contributed by atoms with E-state index >= 15 is 0 Å². The van der Waals surface area contributed by atoms with E-state index in [1.807, 2.05) is 0 Å². The molecule has 0 aliphatic carbocycles. The van der Waals surface area contributed by atoms with Gasteiger partial charge in [-0.1, -0.05) is 0 Å². The standard InChI is InChI=1S/C6H13NO2S.ClH/c1-10(2)4-3-5(7)6(8)9;/h5H,3-4,7H2,1-2H3;1H/t5-;/m1./s1/i1D3,2D3;. The van der Waals surface area contributed by atoms with E-state index < -0.39 is 35.3 Å². The van der Waals surface area contributed by atoms with Gasteiger partial charge in [0.25, 0.3) is 0 Å². The fourth-order valence-electron chi connectivity index (χ4n) is 0.368.